The number of amides is 2. The van der Waals surface area contributed by atoms with Crippen molar-refractivity contribution < 1.29 is 22.4 Å². The fraction of sp³-hybridized carbons (Fsp3) is 0.355. The van der Waals surface area contributed by atoms with Crippen LogP contribution >= 0.6 is 0 Å². The van der Waals surface area contributed by atoms with Crippen LogP contribution < -0.4 is 9.62 Å². The second-order valence-corrected chi connectivity index (χ2v) is 12.0. The maximum atomic E-state index is 13.9. The van der Waals surface area contributed by atoms with Gasteiger partial charge in [-0.25, -0.2) is 12.8 Å². The number of benzene rings is 3. The summed E-state index contributed by atoms with van der Waals surface area (Å²) in [6.45, 7) is 9.38. The van der Waals surface area contributed by atoms with Gasteiger partial charge in [-0.15, -0.1) is 0 Å². The standard InChI is InChI=1S/C31H38FN3O4S/c1-6-19-33-31(37)24(5)34(20-25-9-13-27(32)14-10-25)30(36)21-35(28-15-11-26(12-16-28)22(2)3)40(38,39)29-17-7-23(4)8-18-29/h7-18,22,24H,6,19-21H2,1-5H3,(H,33,37)/t24-/m0/s1. The molecule has 214 valence electrons. The summed E-state index contributed by atoms with van der Waals surface area (Å²) in [5, 5.41) is 2.80. The Labute approximate surface area is 237 Å². The Hall–Kier alpha value is -3.72. The van der Waals surface area contributed by atoms with E-state index in [-0.39, 0.29) is 23.3 Å². The van der Waals surface area contributed by atoms with Crippen molar-refractivity contribution in [3.8, 4) is 0 Å². The average molecular weight is 568 g/mol. The third-order valence-corrected chi connectivity index (χ3v) is 8.51. The summed E-state index contributed by atoms with van der Waals surface area (Å²) >= 11 is 0. The summed E-state index contributed by atoms with van der Waals surface area (Å²) in [6, 6.07) is 18.3. The first-order valence-corrected chi connectivity index (χ1v) is 14.9. The van der Waals surface area contributed by atoms with E-state index in [2.05, 4.69) is 5.32 Å². The number of carbonyl (C=O) groups excluding carboxylic acids is 2. The van der Waals surface area contributed by atoms with Gasteiger partial charge in [-0.05, 0) is 73.7 Å². The summed E-state index contributed by atoms with van der Waals surface area (Å²) in [4.78, 5) is 28.2. The highest BCUT2D eigenvalue weighted by Crippen LogP contribution is 2.27. The van der Waals surface area contributed by atoms with Crippen LogP contribution in [0.2, 0.25) is 0 Å². The molecule has 0 saturated carbocycles. The minimum absolute atomic E-state index is 0.00450. The van der Waals surface area contributed by atoms with Crippen molar-refractivity contribution in [2.75, 3.05) is 17.4 Å². The van der Waals surface area contributed by atoms with Crippen molar-refractivity contribution in [2.45, 2.75) is 64.4 Å². The Balaban J connectivity index is 2.03. The number of carbonyl (C=O) groups is 2. The zero-order chi connectivity index (χ0) is 29.4. The molecular weight excluding hydrogens is 529 g/mol. The molecule has 0 unspecified atom stereocenters. The number of nitrogens with one attached hydrogen (secondary N) is 1. The lowest BCUT2D eigenvalue weighted by molar-refractivity contribution is -0.139. The largest absolute Gasteiger partial charge is 0.354 e. The summed E-state index contributed by atoms with van der Waals surface area (Å²) in [6.07, 6.45) is 0.722. The number of nitrogens with zero attached hydrogens (tertiary/aromatic N) is 2. The lowest BCUT2D eigenvalue weighted by atomic mass is 10.0. The van der Waals surface area contributed by atoms with E-state index in [1.54, 1.807) is 31.2 Å². The smallest absolute Gasteiger partial charge is 0.264 e. The van der Waals surface area contributed by atoms with Crippen LogP contribution in [0, 0.1) is 12.7 Å². The molecule has 7 nitrogen and oxygen atoms in total. The number of hydrogen-bond acceptors (Lipinski definition) is 4. The lowest BCUT2D eigenvalue weighted by Crippen LogP contribution is -2.51. The molecule has 3 aromatic rings. The quantitative estimate of drug-likeness (QED) is 0.318. The van der Waals surface area contributed by atoms with E-state index in [9.17, 15) is 22.4 Å². The van der Waals surface area contributed by atoms with E-state index in [4.69, 9.17) is 0 Å². The monoisotopic (exact) mass is 567 g/mol. The van der Waals surface area contributed by atoms with Gasteiger partial charge in [0, 0.05) is 13.1 Å². The van der Waals surface area contributed by atoms with E-state index in [0.717, 1.165) is 21.9 Å². The number of rotatable bonds is 12. The van der Waals surface area contributed by atoms with Crippen LogP contribution in [0.25, 0.3) is 0 Å². The van der Waals surface area contributed by atoms with Gasteiger partial charge in [-0.1, -0.05) is 62.7 Å². The molecule has 0 spiro atoms. The van der Waals surface area contributed by atoms with Gasteiger partial charge in [0.25, 0.3) is 10.0 Å². The number of aryl methyl sites for hydroxylation is 1. The molecule has 0 aliphatic carbocycles. The SMILES string of the molecule is CCCNC(=O)[C@H](C)N(Cc1ccc(F)cc1)C(=O)CN(c1ccc(C(C)C)cc1)S(=O)(=O)c1ccc(C)cc1. The zero-order valence-electron chi connectivity index (χ0n) is 23.7. The van der Waals surface area contributed by atoms with Crippen molar-refractivity contribution in [2.24, 2.45) is 0 Å². The second-order valence-electron chi connectivity index (χ2n) is 10.2. The van der Waals surface area contributed by atoms with Gasteiger partial charge in [0.15, 0.2) is 0 Å². The fourth-order valence-electron chi connectivity index (χ4n) is 4.16. The van der Waals surface area contributed by atoms with Gasteiger partial charge in [-0.2, -0.15) is 0 Å². The van der Waals surface area contributed by atoms with Crippen LogP contribution in [0.5, 0.6) is 0 Å². The first-order valence-electron chi connectivity index (χ1n) is 13.4. The maximum absolute atomic E-state index is 13.9. The second kappa shape index (κ2) is 13.6. The summed E-state index contributed by atoms with van der Waals surface area (Å²) in [5.41, 5.74) is 2.88. The lowest BCUT2D eigenvalue weighted by Gasteiger charge is -2.32. The highest BCUT2D eigenvalue weighted by molar-refractivity contribution is 7.92. The molecule has 2 amide bonds. The Kier molecular flexibility index (Phi) is 10.5. The van der Waals surface area contributed by atoms with Crippen LogP contribution in [0.1, 0.15) is 56.7 Å². The summed E-state index contributed by atoms with van der Waals surface area (Å²) in [7, 11) is -4.14. The maximum Gasteiger partial charge on any atom is 0.264 e. The van der Waals surface area contributed by atoms with Crippen LogP contribution in [0.3, 0.4) is 0 Å². The molecular formula is C31H38FN3O4S. The molecule has 9 heteroatoms. The van der Waals surface area contributed by atoms with Gasteiger partial charge in [0.2, 0.25) is 11.8 Å². The van der Waals surface area contributed by atoms with E-state index < -0.39 is 34.3 Å². The zero-order valence-corrected chi connectivity index (χ0v) is 24.5. The summed E-state index contributed by atoms with van der Waals surface area (Å²) < 4.78 is 42.4. The molecule has 0 heterocycles. The molecule has 0 saturated heterocycles. The van der Waals surface area contributed by atoms with Crippen molar-refractivity contribution in [1.29, 1.82) is 0 Å². The molecule has 1 N–H and O–H groups in total. The Morgan fingerprint density at radius 3 is 2.05 bits per heavy atom. The normalized spacial score (nSPS) is 12.2. The number of sulfonamides is 1. The van der Waals surface area contributed by atoms with E-state index in [1.807, 2.05) is 39.8 Å². The van der Waals surface area contributed by atoms with E-state index in [1.165, 1.54) is 41.3 Å². The van der Waals surface area contributed by atoms with Gasteiger partial charge < -0.3 is 10.2 Å². The molecule has 3 aromatic carbocycles. The molecule has 40 heavy (non-hydrogen) atoms. The number of hydrogen-bond donors (Lipinski definition) is 1. The minimum atomic E-state index is -4.14. The predicted molar refractivity (Wildman–Crippen MR) is 156 cm³/mol. The van der Waals surface area contributed by atoms with Crippen molar-refractivity contribution in [3.63, 3.8) is 0 Å². The van der Waals surface area contributed by atoms with Crippen molar-refractivity contribution in [3.05, 3.63) is 95.3 Å². The summed E-state index contributed by atoms with van der Waals surface area (Å²) in [5.74, 6) is -1.10. The van der Waals surface area contributed by atoms with Gasteiger partial charge in [0.05, 0.1) is 10.6 Å². The third-order valence-electron chi connectivity index (χ3n) is 6.72. The molecule has 0 radical (unpaired) electrons. The molecule has 0 aliphatic rings. The molecule has 1 atom stereocenters. The fourth-order valence-corrected chi connectivity index (χ4v) is 5.57. The highest BCUT2D eigenvalue weighted by atomic mass is 32.2. The number of halogens is 1. The van der Waals surface area contributed by atoms with Gasteiger partial charge in [-0.3, -0.25) is 13.9 Å². The Morgan fingerprint density at radius 2 is 1.50 bits per heavy atom. The molecule has 0 bridgehead atoms. The van der Waals surface area contributed by atoms with Gasteiger partial charge in [0.1, 0.15) is 18.4 Å². The predicted octanol–water partition coefficient (Wildman–Crippen LogP) is 5.40. The minimum Gasteiger partial charge on any atom is -0.354 e. The molecule has 0 fully saturated rings. The van der Waals surface area contributed by atoms with Crippen LogP contribution in [0.4, 0.5) is 10.1 Å². The molecule has 3 rings (SSSR count). The third kappa shape index (κ3) is 7.69. The number of anilines is 1. The molecule has 0 aromatic heterocycles. The Bertz CT molecular complexity index is 1390. The van der Waals surface area contributed by atoms with Crippen LogP contribution in [0.15, 0.2) is 77.7 Å². The topological polar surface area (TPSA) is 86.8 Å². The van der Waals surface area contributed by atoms with Gasteiger partial charge >= 0.3 is 0 Å². The van der Waals surface area contributed by atoms with E-state index in [0.29, 0.717) is 17.8 Å². The highest BCUT2D eigenvalue weighted by Gasteiger charge is 2.32. The average Bonchev–Trinajstić information content (AvgIpc) is 2.94. The van der Waals surface area contributed by atoms with Crippen LogP contribution in [-0.4, -0.2) is 44.3 Å². The van der Waals surface area contributed by atoms with Crippen LogP contribution in [-0.2, 0) is 26.2 Å². The first-order chi connectivity index (χ1) is 18.9. The first kappa shape index (κ1) is 30.8. The van der Waals surface area contributed by atoms with E-state index >= 15 is 0 Å². The van der Waals surface area contributed by atoms with Crippen molar-refractivity contribution >= 4 is 27.5 Å². The molecule has 0 aliphatic heterocycles. The Morgan fingerprint density at radius 1 is 0.900 bits per heavy atom. The van der Waals surface area contributed by atoms with Crippen molar-refractivity contribution in [1.82, 2.24) is 10.2 Å².